The molecule has 2 fully saturated rings. The second-order valence-electron chi connectivity index (χ2n) is 8.53. The van der Waals surface area contributed by atoms with E-state index in [0.29, 0.717) is 18.3 Å². The summed E-state index contributed by atoms with van der Waals surface area (Å²) in [6.07, 6.45) is 2.73. The fraction of sp³-hybridized carbons (Fsp3) is 0.609. The molecule has 1 aromatic heterocycles. The predicted octanol–water partition coefficient (Wildman–Crippen LogP) is 2.10. The third-order valence-electron chi connectivity index (χ3n) is 6.12. The first-order valence-corrected chi connectivity index (χ1v) is 11.4. The van der Waals surface area contributed by atoms with Gasteiger partial charge in [-0.3, -0.25) is 14.6 Å². The number of carbonyl (C=O) groups excluding carboxylic acids is 1. The molecular formula is C23H33N5O3. The standard InChI is InChI=1S/C23H33N5O3/c1-18-4-2-5-20(16-18)22-25-21(31-26-22)17-28-10-6-19(7-11-28)23(29)24-8-3-9-27-12-14-30-15-13-27/h2,4-5,16,19H,3,6-15,17H2,1H3,(H,24,29). The number of rotatable bonds is 8. The molecule has 0 saturated carbocycles. The topological polar surface area (TPSA) is 83.7 Å². The molecule has 2 aromatic rings. The van der Waals surface area contributed by atoms with Crippen LogP contribution in [0.2, 0.25) is 0 Å². The molecule has 0 atom stereocenters. The van der Waals surface area contributed by atoms with Gasteiger partial charge in [-0.05, 0) is 51.9 Å². The van der Waals surface area contributed by atoms with Crippen molar-refractivity contribution in [1.29, 1.82) is 0 Å². The first-order chi connectivity index (χ1) is 15.2. The molecule has 0 bridgehead atoms. The minimum Gasteiger partial charge on any atom is -0.379 e. The van der Waals surface area contributed by atoms with Crippen molar-refractivity contribution in [2.45, 2.75) is 32.7 Å². The van der Waals surface area contributed by atoms with Crippen LogP contribution < -0.4 is 5.32 Å². The lowest BCUT2D eigenvalue weighted by Crippen LogP contribution is -2.41. The number of amides is 1. The lowest BCUT2D eigenvalue weighted by atomic mass is 9.96. The second kappa shape index (κ2) is 10.8. The third-order valence-corrected chi connectivity index (χ3v) is 6.12. The van der Waals surface area contributed by atoms with Crippen molar-refractivity contribution < 1.29 is 14.1 Å². The molecule has 1 amide bonds. The number of aryl methyl sites for hydroxylation is 1. The van der Waals surface area contributed by atoms with Gasteiger partial charge in [0.2, 0.25) is 17.6 Å². The molecule has 168 valence electrons. The highest BCUT2D eigenvalue weighted by Crippen LogP contribution is 2.21. The fourth-order valence-corrected chi connectivity index (χ4v) is 4.25. The smallest absolute Gasteiger partial charge is 0.241 e. The van der Waals surface area contributed by atoms with Crippen LogP contribution in [0.3, 0.4) is 0 Å². The Labute approximate surface area is 183 Å². The number of hydrogen-bond donors (Lipinski definition) is 1. The van der Waals surface area contributed by atoms with E-state index in [1.54, 1.807) is 0 Å². The van der Waals surface area contributed by atoms with Gasteiger partial charge in [-0.25, -0.2) is 0 Å². The maximum atomic E-state index is 12.5. The third kappa shape index (κ3) is 6.35. The average Bonchev–Trinajstić information content (AvgIpc) is 3.26. The Morgan fingerprint density at radius 3 is 2.74 bits per heavy atom. The summed E-state index contributed by atoms with van der Waals surface area (Å²) in [6.45, 7) is 9.84. The van der Waals surface area contributed by atoms with Crippen molar-refractivity contribution in [3.8, 4) is 11.4 Å². The Morgan fingerprint density at radius 2 is 1.97 bits per heavy atom. The van der Waals surface area contributed by atoms with Crippen molar-refractivity contribution in [1.82, 2.24) is 25.3 Å². The van der Waals surface area contributed by atoms with Gasteiger partial charge >= 0.3 is 0 Å². The maximum Gasteiger partial charge on any atom is 0.241 e. The lowest BCUT2D eigenvalue weighted by Gasteiger charge is -2.30. The largest absolute Gasteiger partial charge is 0.379 e. The molecule has 2 aliphatic heterocycles. The molecule has 1 N–H and O–H groups in total. The summed E-state index contributed by atoms with van der Waals surface area (Å²) in [4.78, 5) is 21.7. The first-order valence-electron chi connectivity index (χ1n) is 11.4. The van der Waals surface area contributed by atoms with Crippen molar-refractivity contribution in [2.24, 2.45) is 5.92 Å². The zero-order chi connectivity index (χ0) is 21.5. The highest BCUT2D eigenvalue weighted by Gasteiger charge is 2.26. The van der Waals surface area contributed by atoms with Gasteiger partial charge in [0.05, 0.1) is 19.8 Å². The Balaban J connectivity index is 1.15. The van der Waals surface area contributed by atoms with Gasteiger partial charge < -0.3 is 14.6 Å². The van der Waals surface area contributed by atoms with E-state index in [-0.39, 0.29) is 11.8 Å². The summed E-state index contributed by atoms with van der Waals surface area (Å²) in [5, 5.41) is 7.25. The molecule has 0 spiro atoms. The second-order valence-corrected chi connectivity index (χ2v) is 8.53. The Bertz CT molecular complexity index is 841. The van der Waals surface area contributed by atoms with E-state index in [1.807, 2.05) is 12.1 Å². The number of hydrogen-bond acceptors (Lipinski definition) is 7. The molecule has 2 saturated heterocycles. The van der Waals surface area contributed by atoms with E-state index < -0.39 is 0 Å². The van der Waals surface area contributed by atoms with E-state index in [0.717, 1.165) is 77.3 Å². The molecule has 8 nitrogen and oxygen atoms in total. The van der Waals surface area contributed by atoms with Gasteiger partial charge in [-0.2, -0.15) is 4.98 Å². The van der Waals surface area contributed by atoms with Gasteiger partial charge in [0, 0.05) is 31.1 Å². The highest BCUT2D eigenvalue weighted by molar-refractivity contribution is 5.78. The Kier molecular flexibility index (Phi) is 7.66. The molecule has 3 heterocycles. The predicted molar refractivity (Wildman–Crippen MR) is 117 cm³/mol. The molecule has 4 rings (SSSR count). The number of likely N-dealkylation sites (tertiary alicyclic amines) is 1. The van der Waals surface area contributed by atoms with E-state index in [9.17, 15) is 4.79 Å². The SMILES string of the molecule is Cc1cccc(-c2noc(CN3CCC(C(=O)NCCCN4CCOCC4)CC3)n2)c1. The van der Waals surface area contributed by atoms with Crippen LogP contribution in [0, 0.1) is 12.8 Å². The number of carbonyl (C=O) groups is 1. The summed E-state index contributed by atoms with van der Waals surface area (Å²) in [6, 6.07) is 8.10. The van der Waals surface area contributed by atoms with Gasteiger partial charge in [0.1, 0.15) is 0 Å². The highest BCUT2D eigenvalue weighted by atomic mass is 16.5. The van der Waals surface area contributed by atoms with E-state index in [2.05, 4.69) is 44.3 Å². The van der Waals surface area contributed by atoms with Gasteiger partial charge in [0.25, 0.3) is 0 Å². The number of nitrogens with one attached hydrogen (secondary N) is 1. The number of morpholine rings is 1. The van der Waals surface area contributed by atoms with Crippen LogP contribution in [0.15, 0.2) is 28.8 Å². The van der Waals surface area contributed by atoms with Crippen LogP contribution >= 0.6 is 0 Å². The van der Waals surface area contributed by atoms with Crippen LogP contribution in [0.4, 0.5) is 0 Å². The number of ether oxygens (including phenoxy) is 1. The minimum atomic E-state index is 0.102. The summed E-state index contributed by atoms with van der Waals surface area (Å²) in [5.41, 5.74) is 2.14. The quantitative estimate of drug-likeness (QED) is 0.646. The summed E-state index contributed by atoms with van der Waals surface area (Å²) >= 11 is 0. The zero-order valence-electron chi connectivity index (χ0n) is 18.4. The normalized spacial score (nSPS) is 18.9. The Morgan fingerprint density at radius 1 is 1.16 bits per heavy atom. The summed E-state index contributed by atoms with van der Waals surface area (Å²) in [7, 11) is 0. The average molecular weight is 428 g/mol. The first kappa shape index (κ1) is 21.9. The zero-order valence-corrected chi connectivity index (χ0v) is 18.4. The number of nitrogens with zero attached hydrogens (tertiary/aromatic N) is 4. The van der Waals surface area contributed by atoms with Crippen molar-refractivity contribution in [3.05, 3.63) is 35.7 Å². The molecule has 2 aliphatic rings. The summed E-state index contributed by atoms with van der Waals surface area (Å²) in [5.74, 6) is 1.55. The van der Waals surface area contributed by atoms with Crippen molar-refractivity contribution in [3.63, 3.8) is 0 Å². The summed E-state index contributed by atoms with van der Waals surface area (Å²) < 4.78 is 10.8. The van der Waals surface area contributed by atoms with Crippen LogP contribution in [0.5, 0.6) is 0 Å². The van der Waals surface area contributed by atoms with Crippen LogP contribution in [0.25, 0.3) is 11.4 Å². The molecule has 31 heavy (non-hydrogen) atoms. The maximum absolute atomic E-state index is 12.5. The van der Waals surface area contributed by atoms with Gasteiger partial charge in [0.15, 0.2) is 0 Å². The molecule has 0 unspecified atom stereocenters. The number of piperidine rings is 1. The van der Waals surface area contributed by atoms with Crippen molar-refractivity contribution >= 4 is 5.91 Å². The van der Waals surface area contributed by atoms with Gasteiger partial charge in [-0.1, -0.05) is 28.9 Å². The van der Waals surface area contributed by atoms with E-state index in [4.69, 9.17) is 9.26 Å². The molecule has 0 radical (unpaired) electrons. The molecule has 8 heteroatoms. The van der Waals surface area contributed by atoms with Crippen molar-refractivity contribution in [2.75, 3.05) is 52.5 Å². The molecule has 0 aliphatic carbocycles. The number of aromatic nitrogens is 2. The van der Waals surface area contributed by atoms with Crippen LogP contribution in [0.1, 0.15) is 30.7 Å². The lowest BCUT2D eigenvalue weighted by molar-refractivity contribution is -0.126. The van der Waals surface area contributed by atoms with E-state index >= 15 is 0 Å². The molecular weight excluding hydrogens is 394 g/mol. The van der Waals surface area contributed by atoms with Crippen LogP contribution in [-0.2, 0) is 16.1 Å². The fourth-order valence-electron chi connectivity index (χ4n) is 4.25. The molecule has 1 aromatic carbocycles. The van der Waals surface area contributed by atoms with E-state index in [1.165, 1.54) is 5.56 Å². The van der Waals surface area contributed by atoms with Crippen LogP contribution in [-0.4, -0.2) is 78.3 Å². The van der Waals surface area contributed by atoms with Gasteiger partial charge in [-0.15, -0.1) is 0 Å². The number of benzene rings is 1. The Hall–Kier alpha value is -2.29. The minimum absolute atomic E-state index is 0.102. The monoisotopic (exact) mass is 427 g/mol.